The Hall–Kier alpha value is 0.0249. The molecule has 0 radical (unpaired) electrons. The molecule has 0 saturated heterocycles. The summed E-state index contributed by atoms with van der Waals surface area (Å²) in [4.78, 5) is 0. The molecule has 0 rings (SSSR count). The van der Waals surface area contributed by atoms with Crippen LogP contribution in [0.2, 0.25) is 0 Å². The molecule has 0 aliphatic heterocycles. The fourth-order valence-electron chi connectivity index (χ4n) is 1.43. The normalized spacial score (nSPS) is 13.2. The molecule has 0 spiro atoms. The van der Waals surface area contributed by atoms with Crippen molar-refractivity contribution in [1.82, 2.24) is 0 Å². The topological polar surface area (TPSA) is 9.23 Å². The summed E-state index contributed by atoms with van der Waals surface area (Å²) in [6.07, 6.45) is 9.62. The lowest BCUT2D eigenvalue weighted by Crippen LogP contribution is -2.10. The molecule has 12 heavy (non-hydrogen) atoms. The minimum atomic E-state index is 0.525. The standard InChI is InChI=1S/C10H23BO/c1-3-5-7-9-10(12-11)8-6-4-2/h10H,3-9,11H2,1-2H3. The van der Waals surface area contributed by atoms with Gasteiger partial charge in [0.05, 0.1) is 0 Å². The quantitative estimate of drug-likeness (QED) is 0.402. The number of rotatable bonds is 8. The molecule has 0 aliphatic carbocycles. The average Bonchev–Trinajstić information content (AvgIpc) is 2.11. The molecule has 0 heterocycles. The average molecular weight is 170 g/mol. The van der Waals surface area contributed by atoms with Gasteiger partial charge < -0.3 is 4.65 Å². The summed E-state index contributed by atoms with van der Waals surface area (Å²) in [7, 11) is 1.84. The molecule has 72 valence electrons. The molecular weight excluding hydrogens is 147 g/mol. The van der Waals surface area contributed by atoms with E-state index < -0.39 is 0 Å². The molecule has 0 amide bonds. The van der Waals surface area contributed by atoms with E-state index in [-0.39, 0.29) is 0 Å². The largest absolute Gasteiger partial charge is 0.441 e. The minimum absolute atomic E-state index is 0.525. The third-order valence-electron chi connectivity index (χ3n) is 2.34. The number of hydrogen-bond donors (Lipinski definition) is 0. The molecule has 1 unspecified atom stereocenters. The van der Waals surface area contributed by atoms with Gasteiger partial charge in [-0.15, -0.1) is 0 Å². The molecule has 0 N–H and O–H groups in total. The van der Waals surface area contributed by atoms with Crippen LogP contribution in [0.4, 0.5) is 0 Å². The summed E-state index contributed by atoms with van der Waals surface area (Å²) >= 11 is 0. The monoisotopic (exact) mass is 170 g/mol. The van der Waals surface area contributed by atoms with Crippen molar-refractivity contribution < 1.29 is 4.65 Å². The van der Waals surface area contributed by atoms with Crippen molar-refractivity contribution in [2.45, 2.75) is 64.9 Å². The minimum Gasteiger partial charge on any atom is -0.441 e. The van der Waals surface area contributed by atoms with Crippen LogP contribution >= 0.6 is 0 Å². The van der Waals surface area contributed by atoms with E-state index in [1.165, 1.54) is 44.9 Å². The Morgan fingerprint density at radius 3 is 2.08 bits per heavy atom. The molecule has 0 saturated carbocycles. The van der Waals surface area contributed by atoms with Gasteiger partial charge in [-0.1, -0.05) is 46.0 Å². The van der Waals surface area contributed by atoms with Crippen LogP contribution < -0.4 is 0 Å². The lowest BCUT2D eigenvalue weighted by molar-refractivity contribution is 0.190. The summed E-state index contributed by atoms with van der Waals surface area (Å²) in [5.41, 5.74) is 0. The molecule has 1 nitrogen and oxygen atoms in total. The van der Waals surface area contributed by atoms with Crippen LogP contribution in [0.25, 0.3) is 0 Å². The summed E-state index contributed by atoms with van der Waals surface area (Å²) in [5, 5.41) is 0. The molecule has 1 atom stereocenters. The lowest BCUT2D eigenvalue weighted by Gasteiger charge is -2.14. The molecular formula is C10H23BO. The van der Waals surface area contributed by atoms with E-state index in [2.05, 4.69) is 13.8 Å². The Balaban J connectivity index is 3.26. The maximum Gasteiger partial charge on any atom is 0.257 e. The third-order valence-corrected chi connectivity index (χ3v) is 2.34. The Labute approximate surface area is 78.3 Å². The molecule has 0 aliphatic rings. The van der Waals surface area contributed by atoms with Gasteiger partial charge >= 0.3 is 0 Å². The van der Waals surface area contributed by atoms with Gasteiger partial charge in [0.15, 0.2) is 0 Å². The van der Waals surface area contributed by atoms with Gasteiger partial charge in [0, 0.05) is 6.10 Å². The van der Waals surface area contributed by atoms with Crippen LogP contribution in [0.5, 0.6) is 0 Å². The van der Waals surface area contributed by atoms with Crippen molar-refractivity contribution in [1.29, 1.82) is 0 Å². The van der Waals surface area contributed by atoms with Crippen LogP contribution in [-0.2, 0) is 4.65 Å². The molecule has 2 heteroatoms. The van der Waals surface area contributed by atoms with Crippen LogP contribution in [0, 0.1) is 0 Å². The SMILES string of the molecule is BOC(CCCC)CCCCC. The summed E-state index contributed by atoms with van der Waals surface area (Å²) < 4.78 is 5.40. The maximum absolute atomic E-state index is 5.40. The fraction of sp³-hybridized carbons (Fsp3) is 1.00. The van der Waals surface area contributed by atoms with Crippen molar-refractivity contribution >= 4 is 8.05 Å². The van der Waals surface area contributed by atoms with Gasteiger partial charge in [-0.3, -0.25) is 0 Å². The summed E-state index contributed by atoms with van der Waals surface area (Å²) in [6.45, 7) is 4.48. The first-order chi connectivity index (χ1) is 5.85. The highest BCUT2D eigenvalue weighted by Gasteiger charge is 2.04. The van der Waals surface area contributed by atoms with Gasteiger partial charge in [-0.25, -0.2) is 0 Å². The van der Waals surface area contributed by atoms with Gasteiger partial charge in [-0.2, -0.15) is 0 Å². The molecule has 0 aromatic heterocycles. The van der Waals surface area contributed by atoms with Gasteiger partial charge in [0.1, 0.15) is 0 Å². The van der Waals surface area contributed by atoms with Crippen LogP contribution in [0.3, 0.4) is 0 Å². The lowest BCUT2D eigenvalue weighted by atomic mass is 10.0. The highest BCUT2D eigenvalue weighted by Crippen LogP contribution is 2.11. The molecule has 0 bridgehead atoms. The predicted molar refractivity (Wildman–Crippen MR) is 57.1 cm³/mol. The summed E-state index contributed by atoms with van der Waals surface area (Å²) in [5.74, 6) is 0. The second kappa shape index (κ2) is 9.12. The van der Waals surface area contributed by atoms with E-state index in [0.717, 1.165) is 0 Å². The van der Waals surface area contributed by atoms with E-state index in [1.54, 1.807) is 0 Å². The number of unbranched alkanes of at least 4 members (excludes halogenated alkanes) is 3. The molecule has 0 aromatic carbocycles. The van der Waals surface area contributed by atoms with Gasteiger partial charge in [-0.05, 0) is 12.8 Å². The number of hydrogen-bond acceptors (Lipinski definition) is 1. The zero-order chi connectivity index (χ0) is 9.23. The van der Waals surface area contributed by atoms with Crippen LogP contribution in [0.1, 0.15) is 58.8 Å². The first-order valence-corrected chi connectivity index (χ1v) is 5.37. The van der Waals surface area contributed by atoms with Gasteiger partial charge in [0.25, 0.3) is 8.05 Å². The zero-order valence-electron chi connectivity index (χ0n) is 8.94. The van der Waals surface area contributed by atoms with Gasteiger partial charge in [0.2, 0.25) is 0 Å². The smallest absolute Gasteiger partial charge is 0.257 e. The van der Waals surface area contributed by atoms with E-state index in [4.69, 9.17) is 4.65 Å². The highest BCUT2D eigenvalue weighted by atomic mass is 16.4. The van der Waals surface area contributed by atoms with Crippen molar-refractivity contribution in [3.63, 3.8) is 0 Å². The highest BCUT2D eigenvalue weighted by molar-refractivity contribution is 5.98. The van der Waals surface area contributed by atoms with Crippen LogP contribution in [0.15, 0.2) is 0 Å². The van der Waals surface area contributed by atoms with E-state index in [1.807, 2.05) is 8.05 Å². The Kier molecular flexibility index (Phi) is 9.13. The second-order valence-corrected chi connectivity index (χ2v) is 3.50. The maximum atomic E-state index is 5.40. The van der Waals surface area contributed by atoms with Crippen molar-refractivity contribution in [2.24, 2.45) is 0 Å². The van der Waals surface area contributed by atoms with E-state index in [0.29, 0.717) is 6.10 Å². The summed E-state index contributed by atoms with van der Waals surface area (Å²) in [6, 6.07) is 0. The van der Waals surface area contributed by atoms with Crippen LogP contribution in [-0.4, -0.2) is 14.2 Å². The van der Waals surface area contributed by atoms with E-state index >= 15 is 0 Å². The zero-order valence-corrected chi connectivity index (χ0v) is 8.94. The predicted octanol–water partition coefficient (Wildman–Crippen LogP) is 2.69. The Morgan fingerprint density at radius 1 is 1.00 bits per heavy atom. The molecule has 0 fully saturated rings. The first-order valence-electron chi connectivity index (χ1n) is 5.37. The van der Waals surface area contributed by atoms with Crippen molar-refractivity contribution in [2.75, 3.05) is 0 Å². The Bertz CT molecular complexity index is 85.9. The second-order valence-electron chi connectivity index (χ2n) is 3.50. The van der Waals surface area contributed by atoms with E-state index in [9.17, 15) is 0 Å². The fourth-order valence-corrected chi connectivity index (χ4v) is 1.43. The van der Waals surface area contributed by atoms with Crippen molar-refractivity contribution in [3.8, 4) is 0 Å². The Morgan fingerprint density at radius 2 is 1.58 bits per heavy atom. The third kappa shape index (κ3) is 6.72. The van der Waals surface area contributed by atoms with Crippen molar-refractivity contribution in [3.05, 3.63) is 0 Å². The first kappa shape index (κ1) is 12.0. The molecule has 0 aromatic rings.